The summed E-state index contributed by atoms with van der Waals surface area (Å²) in [6.07, 6.45) is 4.98. The van der Waals surface area contributed by atoms with Gasteiger partial charge in [0.1, 0.15) is 5.75 Å². The molecule has 1 fully saturated rings. The summed E-state index contributed by atoms with van der Waals surface area (Å²) in [5.41, 5.74) is 2.10. The molecule has 3 nitrogen and oxygen atoms in total. The van der Waals surface area contributed by atoms with Crippen LogP contribution in [0.25, 0.3) is 0 Å². The Morgan fingerprint density at radius 2 is 2.06 bits per heavy atom. The molecule has 0 aliphatic heterocycles. The average Bonchev–Trinajstić information content (AvgIpc) is 3.19. The Hall–Kier alpha value is -1.09. The molecule has 100 valence electrons. The molecule has 1 aliphatic carbocycles. The fourth-order valence-electron chi connectivity index (χ4n) is 2.00. The van der Waals surface area contributed by atoms with E-state index in [9.17, 15) is 0 Å². The van der Waals surface area contributed by atoms with Crippen LogP contribution in [-0.2, 0) is 6.54 Å². The van der Waals surface area contributed by atoms with Crippen LogP contribution in [-0.4, -0.2) is 17.1 Å². The highest BCUT2D eigenvalue weighted by Crippen LogP contribution is 2.23. The number of aryl methyl sites for hydroxylation is 1. The molecule has 1 heterocycles. The Bertz CT molecular complexity index is 384. The van der Waals surface area contributed by atoms with Crippen LogP contribution < -0.4 is 10.1 Å². The van der Waals surface area contributed by atoms with Crippen molar-refractivity contribution in [3.63, 3.8) is 0 Å². The normalized spacial score (nSPS) is 15.1. The molecule has 1 aromatic rings. The van der Waals surface area contributed by atoms with Gasteiger partial charge in [0.25, 0.3) is 0 Å². The molecule has 1 aromatic heterocycles. The zero-order valence-electron chi connectivity index (χ0n) is 11.7. The number of hydrogen-bond acceptors (Lipinski definition) is 3. The minimum Gasteiger partial charge on any atom is -0.488 e. The van der Waals surface area contributed by atoms with Gasteiger partial charge in [0.2, 0.25) is 0 Å². The fourth-order valence-corrected chi connectivity index (χ4v) is 2.00. The first-order valence-electron chi connectivity index (χ1n) is 7.09. The molecule has 1 aliphatic rings. The third kappa shape index (κ3) is 3.70. The summed E-state index contributed by atoms with van der Waals surface area (Å²) in [5.74, 6) is 0.947. The highest BCUT2D eigenvalue weighted by Gasteiger charge is 2.21. The van der Waals surface area contributed by atoms with E-state index in [4.69, 9.17) is 4.74 Å². The summed E-state index contributed by atoms with van der Waals surface area (Å²) >= 11 is 0. The van der Waals surface area contributed by atoms with Gasteiger partial charge in [-0.25, -0.2) is 0 Å². The van der Waals surface area contributed by atoms with E-state index < -0.39 is 0 Å². The lowest BCUT2D eigenvalue weighted by atomic mass is 10.2. The standard InChI is InChI=1S/C15H24N2O/c1-4-13(5-2)18-15-9-6-11(3)17-14(15)10-16-12-7-8-12/h6,9,12-13,16H,4-5,7-8,10H2,1-3H3. The van der Waals surface area contributed by atoms with Gasteiger partial charge in [0.05, 0.1) is 11.8 Å². The Morgan fingerprint density at radius 1 is 1.33 bits per heavy atom. The van der Waals surface area contributed by atoms with Crippen LogP contribution in [0.1, 0.15) is 50.9 Å². The maximum Gasteiger partial charge on any atom is 0.142 e. The first-order chi connectivity index (χ1) is 8.72. The Labute approximate surface area is 110 Å². The molecular weight excluding hydrogens is 224 g/mol. The SMILES string of the molecule is CCC(CC)Oc1ccc(C)nc1CNC1CC1. The predicted molar refractivity (Wildman–Crippen MR) is 73.8 cm³/mol. The summed E-state index contributed by atoms with van der Waals surface area (Å²) in [7, 11) is 0. The second-order valence-electron chi connectivity index (χ2n) is 5.11. The number of pyridine rings is 1. The van der Waals surface area contributed by atoms with Crippen molar-refractivity contribution in [2.45, 2.75) is 65.1 Å². The molecule has 18 heavy (non-hydrogen) atoms. The maximum absolute atomic E-state index is 6.05. The van der Waals surface area contributed by atoms with Gasteiger partial charge in [-0.05, 0) is 44.7 Å². The summed E-state index contributed by atoms with van der Waals surface area (Å²) in [6, 6.07) is 4.79. The molecule has 0 spiro atoms. The van der Waals surface area contributed by atoms with Crippen LogP contribution >= 0.6 is 0 Å². The molecule has 0 aromatic carbocycles. The lowest BCUT2D eigenvalue weighted by Gasteiger charge is -2.18. The van der Waals surface area contributed by atoms with Crippen molar-refractivity contribution in [2.75, 3.05) is 0 Å². The number of rotatable bonds is 7. The summed E-state index contributed by atoms with van der Waals surface area (Å²) < 4.78 is 6.05. The molecule has 1 saturated carbocycles. The van der Waals surface area contributed by atoms with Crippen LogP contribution in [0.4, 0.5) is 0 Å². The smallest absolute Gasteiger partial charge is 0.142 e. The van der Waals surface area contributed by atoms with E-state index in [-0.39, 0.29) is 0 Å². The van der Waals surface area contributed by atoms with Gasteiger partial charge in [0, 0.05) is 18.3 Å². The maximum atomic E-state index is 6.05. The Balaban J connectivity index is 2.05. The molecule has 0 radical (unpaired) electrons. The van der Waals surface area contributed by atoms with Gasteiger partial charge >= 0.3 is 0 Å². The molecule has 1 N–H and O–H groups in total. The molecule has 0 atom stereocenters. The van der Waals surface area contributed by atoms with Crippen molar-refractivity contribution in [3.8, 4) is 5.75 Å². The van der Waals surface area contributed by atoms with Crippen LogP contribution in [0, 0.1) is 6.92 Å². The quantitative estimate of drug-likeness (QED) is 0.804. The number of nitrogens with zero attached hydrogens (tertiary/aromatic N) is 1. The molecule has 0 amide bonds. The van der Waals surface area contributed by atoms with Gasteiger partial charge in [-0.15, -0.1) is 0 Å². The van der Waals surface area contributed by atoms with Crippen LogP contribution in [0.3, 0.4) is 0 Å². The third-order valence-electron chi connectivity index (χ3n) is 3.41. The van der Waals surface area contributed by atoms with E-state index in [1.54, 1.807) is 0 Å². The van der Waals surface area contributed by atoms with Crippen molar-refractivity contribution < 1.29 is 4.74 Å². The summed E-state index contributed by atoms with van der Waals surface area (Å²) in [5, 5.41) is 3.51. The minimum absolute atomic E-state index is 0.300. The number of ether oxygens (including phenoxy) is 1. The zero-order valence-corrected chi connectivity index (χ0v) is 11.7. The molecule has 3 heteroatoms. The van der Waals surface area contributed by atoms with Gasteiger partial charge in [-0.2, -0.15) is 0 Å². The second-order valence-corrected chi connectivity index (χ2v) is 5.11. The van der Waals surface area contributed by atoms with Gasteiger partial charge in [-0.3, -0.25) is 4.98 Å². The largest absolute Gasteiger partial charge is 0.488 e. The molecule has 2 rings (SSSR count). The average molecular weight is 248 g/mol. The molecular formula is C15H24N2O. The third-order valence-corrected chi connectivity index (χ3v) is 3.41. The van der Waals surface area contributed by atoms with Crippen LogP contribution in [0.5, 0.6) is 5.75 Å². The zero-order chi connectivity index (χ0) is 13.0. The Morgan fingerprint density at radius 3 is 2.67 bits per heavy atom. The summed E-state index contributed by atoms with van der Waals surface area (Å²) in [4.78, 5) is 4.61. The molecule has 0 bridgehead atoms. The van der Waals surface area contributed by atoms with Crippen LogP contribution in [0.2, 0.25) is 0 Å². The lowest BCUT2D eigenvalue weighted by Crippen LogP contribution is -2.20. The van der Waals surface area contributed by atoms with Gasteiger partial charge in [-0.1, -0.05) is 13.8 Å². The topological polar surface area (TPSA) is 34.1 Å². The van der Waals surface area contributed by atoms with Crippen LogP contribution in [0.15, 0.2) is 12.1 Å². The second kappa shape index (κ2) is 6.19. The molecule has 0 unspecified atom stereocenters. The van der Waals surface area contributed by atoms with Gasteiger partial charge < -0.3 is 10.1 Å². The molecule has 0 saturated heterocycles. The van der Waals surface area contributed by atoms with Crippen molar-refractivity contribution in [1.82, 2.24) is 10.3 Å². The Kier molecular flexibility index (Phi) is 4.59. The van der Waals surface area contributed by atoms with Crippen molar-refractivity contribution in [1.29, 1.82) is 0 Å². The van der Waals surface area contributed by atoms with E-state index in [0.29, 0.717) is 12.1 Å². The van der Waals surface area contributed by atoms with Crippen molar-refractivity contribution in [2.24, 2.45) is 0 Å². The number of aromatic nitrogens is 1. The van der Waals surface area contributed by atoms with E-state index in [1.807, 2.05) is 13.0 Å². The van der Waals surface area contributed by atoms with E-state index in [2.05, 4.69) is 30.2 Å². The first-order valence-corrected chi connectivity index (χ1v) is 7.09. The van der Waals surface area contributed by atoms with Gasteiger partial charge in [0.15, 0.2) is 0 Å². The highest BCUT2D eigenvalue weighted by molar-refractivity contribution is 5.29. The van der Waals surface area contributed by atoms with E-state index in [0.717, 1.165) is 36.5 Å². The lowest BCUT2D eigenvalue weighted by molar-refractivity contribution is 0.189. The minimum atomic E-state index is 0.300. The van der Waals surface area contributed by atoms with E-state index in [1.165, 1.54) is 12.8 Å². The monoisotopic (exact) mass is 248 g/mol. The fraction of sp³-hybridized carbons (Fsp3) is 0.667. The van der Waals surface area contributed by atoms with Crippen molar-refractivity contribution >= 4 is 0 Å². The first kappa shape index (κ1) is 13.3. The summed E-state index contributed by atoms with van der Waals surface area (Å²) in [6.45, 7) is 7.18. The van der Waals surface area contributed by atoms with E-state index >= 15 is 0 Å². The highest BCUT2D eigenvalue weighted by atomic mass is 16.5. The number of hydrogen-bond donors (Lipinski definition) is 1. The van der Waals surface area contributed by atoms with Crippen molar-refractivity contribution in [3.05, 3.63) is 23.5 Å². The predicted octanol–water partition coefficient (Wildman–Crippen LogP) is 3.21. The number of nitrogens with one attached hydrogen (secondary N) is 1.